The van der Waals surface area contributed by atoms with E-state index in [-0.39, 0.29) is 24.7 Å². The van der Waals surface area contributed by atoms with Gasteiger partial charge in [-0.25, -0.2) is 0 Å². The molecule has 2 unspecified atom stereocenters. The molecule has 2 amide bonds. The molecule has 2 atom stereocenters. The summed E-state index contributed by atoms with van der Waals surface area (Å²) in [5.41, 5.74) is 1.02. The highest BCUT2D eigenvalue weighted by molar-refractivity contribution is 7.10. The highest BCUT2D eigenvalue weighted by atomic mass is 32.1. The third kappa shape index (κ3) is 4.49. The van der Waals surface area contributed by atoms with Crippen LogP contribution in [0.15, 0.2) is 47.8 Å². The second-order valence-corrected chi connectivity index (χ2v) is 7.31. The van der Waals surface area contributed by atoms with E-state index in [0.29, 0.717) is 13.1 Å². The number of hydrogen-bond donors (Lipinski definition) is 2. The minimum atomic E-state index is -0.975. The first-order chi connectivity index (χ1) is 12.5. The lowest BCUT2D eigenvalue weighted by Crippen LogP contribution is -2.36. The first kappa shape index (κ1) is 18.1. The molecule has 1 aromatic heterocycles. The van der Waals surface area contributed by atoms with Crippen molar-refractivity contribution >= 4 is 29.1 Å². The van der Waals surface area contributed by atoms with Crippen LogP contribution in [0.2, 0.25) is 0 Å². The molecular formula is C19H20N2O4S. The van der Waals surface area contributed by atoms with Gasteiger partial charge in [0, 0.05) is 24.4 Å². The lowest BCUT2D eigenvalue weighted by molar-refractivity contribution is -0.138. The van der Waals surface area contributed by atoms with Gasteiger partial charge in [-0.15, -0.1) is 11.3 Å². The van der Waals surface area contributed by atoms with E-state index in [0.717, 1.165) is 10.4 Å². The monoisotopic (exact) mass is 372 g/mol. The van der Waals surface area contributed by atoms with Crippen LogP contribution in [0, 0.1) is 5.92 Å². The normalized spacial score (nSPS) is 17.9. The zero-order valence-corrected chi connectivity index (χ0v) is 14.9. The number of hydrogen-bond acceptors (Lipinski definition) is 4. The third-order valence-corrected chi connectivity index (χ3v) is 5.37. The summed E-state index contributed by atoms with van der Waals surface area (Å²) >= 11 is 1.41. The summed E-state index contributed by atoms with van der Waals surface area (Å²) in [6, 6.07) is 12.7. The Hall–Kier alpha value is -2.67. The molecule has 2 heterocycles. The summed E-state index contributed by atoms with van der Waals surface area (Å²) < 4.78 is 0. The van der Waals surface area contributed by atoms with Crippen molar-refractivity contribution in [3.63, 3.8) is 0 Å². The minimum absolute atomic E-state index is 0.0556. The fourth-order valence-electron chi connectivity index (χ4n) is 3.08. The first-order valence-electron chi connectivity index (χ1n) is 8.40. The van der Waals surface area contributed by atoms with Gasteiger partial charge in [0.2, 0.25) is 11.8 Å². The molecule has 0 radical (unpaired) electrons. The van der Waals surface area contributed by atoms with Crippen molar-refractivity contribution in [2.75, 3.05) is 6.54 Å². The summed E-state index contributed by atoms with van der Waals surface area (Å²) in [6.07, 6.45) is -0.0243. The maximum Gasteiger partial charge on any atom is 0.305 e. The van der Waals surface area contributed by atoms with Crippen molar-refractivity contribution in [1.82, 2.24) is 10.2 Å². The number of benzene rings is 1. The van der Waals surface area contributed by atoms with Crippen LogP contribution < -0.4 is 5.32 Å². The standard InChI is InChI=1S/C19H20N2O4S/c22-17-9-14(12-21(17)11-13-5-2-1-3-6-13)19(25)20-15(10-18(23)24)16-7-4-8-26-16/h1-8,14-15H,9-12H2,(H,20,25)(H,23,24). The van der Waals surface area contributed by atoms with Crippen molar-refractivity contribution in [1.29, 1.82) is 0 Å². The number of nitrogens with one attached hydrogen (secondary N) is 1. The number of thiophene rings is 1. The molecule has 1 aliphatic rings. The number of carboxylic acid groups (broad SMARTS) is 1. The van der Waals surface area contributed by atoms with Gasteiger partial charge in [-0.05, 0) is 17.0 Å². The predicted octanol–water partition coefficient (Wildman–Crippen LogP) is 2.43. The van der Waals surface area contributed by atoms with Gasteiger partial charge in [0.1, 0.15) is 0 Å². The number of carboxylic acids is 1. The van der Waals surface area contributed by atoms with Crippen LogP contribution in [0.25, 0.3) is 0 Å². The van der Waals surface area contributed by atoms with Gasteiger partial charge in [0.05, 0.1) is 18.4 Å². The summed E-state index contributed by atoms with van der Waals surface area (Å²) in [4.78, 5) is 38.4. The summed E-state index contributed by atoms with van der Waals surface area (Å²) in [5, 5.41) is 13.8. The Bertz CT molecular complexity index is 776. The van der Waals surface area contributed by atoms with Gasteiger partial charge < -0.3 is 15.3 Å². The highest BCUT2D eigenvalue weighted by Crippen LogP contribution is 2.25. The minimum Gasteiger partial charge on any atom is -0.481 e. The number of nitrogens with zero attached hydrogens (tertiary/aromatic N) is 1. The fourth-order valence-corrected chi connectivity index (χ4v) is 3.86. The molecule has 1 saturated heterocycles. The third-order valence-electron chi connectivity index (χ3n) is 4.38. The molecule has 26 heavy (non-hydrogen) atoms. The number of carbonyl (C=O) groups excluding carboxylic acids is 2. The molecule has 1 fully saturated rings. The van der Waals surface area contributed by atoms with Crippen LogP contribution in [0.3, 0.4) is 0 Å². The van der Waals surface area contributed by atoms with E-state index in [4.69, 9.17) is 5.11 Å². The number of likely N-dealkylation sites (tertiary alicyclic amines) is 1. The van der Waals surface area contributed by atoms with Crippen LogP contribution in [-0.2, 0) is 20.9 Å². The quantitative estimate of drug-likeness (QED) is 0.781. The summed E-state index contributed by atoms with van der Waals surface area (Å²) in [6.45, 7) is 0.830. The Morgan fingerprint density at radius 2 is 2.00 bits per heavy atom. The molecule has 0 saturated carbocycles. The van der Waals surface area contributed by atoms with Gasteiger partial charge in [-0.1, -0.05) is 36.4 Å². The molecule has 1 aliphatic heterocycles. The molecule has 0 bridgehead atoms. The van der Waals surface area contributed by atoms with Crippen LogP contribution in [0.5, 0.6) is 0 Å². The van der Waals surface area contributed by atoms with E-state index < -0.39 is 17.9 Å². The van der Waals surface area contributed by atoms with E-state index in [1.807, 2.05) is 41.8 Å². The van der Waals surface area contributed by atoms with E-state index >= 15 is 0 Å². The molecular weight excluding hydrogens is 352 g/mol. The lowest BCUT2D eigenvalue weighted by Gasteiger charge is -2.19. The van der Waals surface area contributed by atoms with Gasteiger partial charge in [0.25, 0.3) is 0 Å². The Morgan fingerprint density at radius 3 is 2.65 bits per heavy atom. The van der Waals surface area contributed by atoms with Crippen LogP contribution in [0.4, 0.5) is 0 Å². The molecule has 0 spiro atoms. The Balaban J connectivity index is 1.62. The fraction of sp³-hybridized carbons (Fsp3) is 0.316. The highest BCUT2D eigenvalue weighted by Gasteiger charge is 2.35. The number of aliphatic carboxylic acids is 1. The average Bonchev–Trinajstić information content (AvgIpc) is 3.25. The predicted molar refractivity (Wildman–Crippen MR) is 97.4 cm³/mol. The van der Waals surface area contributed by atoms with Crippen molar-refractivity contribution < 1.29 is 19.5 Å². The van der Waals surface area contributed by atoms with Crippen LogP contribution >= 0.6 is 11.3 Å². The van der Waals surface area contributed by atoms with E-state index in [2.05, 4.69) is 5.32 Å². The second-order valence-electron chi connectivity index (χ2n) is 6.34. The summed E-state index contributed by atoms with van der Waals surface area (Å²) in [7, 11) is 0. The molecule has 1 aromatic carbocycles. The van der Waals surface area contributed by atoms with Crippen molar-refractivity contribution in [2.24, 2.45) is 5.92 Å². The lowest BCUT2D eigenvalue weighted by atomic mass is 10.1. The van der Waals surface area contributed by atoms with Crippen molar-refractivity contribution in [2.45, 2.75) is 25.4 Å². The van der Waals surface area contributed by atoms with Crippen molar-refractivity contribution in [3.8, 4) is 0 Å². The molecule has 3 rings (SSSR count). The molecule has 136 valence electrons. The largest absolute Gasteiger partial charge is 0.481 e. The maximum absolute atomic E-state index is 12.6. The SMILES string of the molecule is O=C(O)CC(NC(=O)C1CC(=O)N(Cc2ccccc2)C1)c1cccs1. The van der Waals surface area contributed by atoms with E-state index in [1.165, 1.54) is 11.3 Å². The second kappa shape index (κ2) is 8.14. The van der Waals surface area contributed by atoms with Gasteiger partial charge in [-0.3, -0.25) is 14.4 Å². The molecule has 2 N–H and O–H groups in total. The average molecular weight is 372 g/mol. The van der Waals surface area contributed by atoms with E-state index in [9.17, 15) is 14.4 Å². The molecule has 6 nitrogen and oxygen atoms in total. The topological polar surface area (TPSA) is 86.7 Å². The van der Waals surface area contributed by atoms with Gasteiger partial charge in [-0.2, -0.15) is 0 Å². The molecule has 7 heteroatoms. The maximum atomic E-state index is 12.6. The zero-order chi connectivity index (χ0) is 18.5. The van der Waals surface area contributed by atoms with Crippen molar-refractivity contribution in [3.05, 3.63) is 58.3 Å². The van der Waals surface area contributed by atoms with Crippen LogP contribution in [-0.4, -0.2) is 34.3 Å². The Kier molecular flexibility index (Phi) is 5.68. The zero-order valence-electron chi connectivity index (χ0n) is 14.1. The molecule has 2 aromatic rings. The Labute approximate surface area is 155 Å². The van der Waals surface area contributed by atoms with Crippen LogP contribution in [0.1, 0.15) is 29.3 Å². The number of rotatable bonds is 7. The summed E-state index contributed by atoms with van der Waals surface area (Å²) in [5.74, 6) is -1.76. The Morgan fingerprint density at radius 1 is 1.23 bits per heavy atom. The first-order valence-corrected chi connectivity index (χ1v) is 9.28. The smallest absolute Gasteiger partial charge is 0.305 e. The number of amides is 2. The van der Waals surface area contributed by atoms with Gasteiger partial charge >= 0.3 is 5.97 Å². The van der Waals surface area contributed by atoms with Gasteiger partial charge in [0.15, 0.2) is 0 Å². The molecule has 0 aliphatic carbocycles. The van der Waals surface area contributed by atoms with E-state index in [1.54, 1.807) is 11.0 Å². The number of carbonyl (C=O) groups is 3.